The quantitative estimate of drug-likeness (QED) is 0.796. The summed E-state index contributed by atoms with van der Waals surface area (Å²) >= 11 is 0. The SMILES string of the molecule is NCC(N1CCCC2CCCC21)C(F)(F)F. The van der Waals surface area contributed by atoms with Crippen LogP contribution in [0.2, 0.25) is 0 Å². The van der Waals surface area contributed by atoms with E-state index in [2.05, 4.69) is 0 Å². The van der Waals surface area contributed by atoms with Crippen LogP contribution in [0, 0.1) is 5.92 Å². The predicted molar refractivity (Wildman–Crippen MR) is 56.0 cm³/mol. The van der Waals surface area contributed by atoms with Gasteiger partial charge in [-0.25, -0.2) is 0 Å². The van der Waals surface area contributed by atoms with Crippen molar-refractivity contribution in [2.24, 2.45) is 11.7 Å². The molecule has 3 atom stereocenters. The van der Waals surface area contributed by atoms with E-state index in [1.807, 2.05) is 0 Å². The molecule has 5 heteroatoms. The molecule has 0 aromatic rings. The molecule has 1 saturated heterocycles. The van der Waals surface area contributed by atoms with E-state index in [0.29, 0.717) is 12.5 Å². The Kier molecular flexibility index (Phi) is 3.45. The van der Waals surface area contributed by atoms with Gasteiger partial charge in [-0.05, 0) is 38.1 Å². The molecule has 2 nitrogen and oxygen atoms in total. The third-order valence-electron chi connectivity index (χ3n) is 4.04. The number of nitrogens with two attached hydrogens (primary N) is 1. The molecule has 0 amide bonds. The zero-order valence-electron chi connectivity index (χ0n) is 9.34. The molecule has 0 radical (unpaired) electrons. The molecule has 2 fully saturated rings. The fourth-order valence-electron chi connectivity index (χ4n) is 3.34. The Morgan fingerprint density at radius 3 is 2.50 bits per heavy atom. The molecule has 3 unspecified atom stereocenters. The second-order valence-electron chi connectivity index (χ2n) is 4.93. The fourth-order valence-corrected chi connectivity index (χ4v) is 3.34. The van der Waals surface area contributed by atoms with Gasteiger partial charge in [0, 0.05) is 12.6 Å². The van der Waals surface area contributed by atoms with Gasteiger partial charge in [0.05, 0.1) is 0 Å². The zero-order chi connectivity index (χ0) is 11.8. The molecule has 2 N–H and O–H groups in total. The maximum absolute atomic E-state index is 12.8. The van der Waals surface area contributed by atoms with E-state index in [1.165, 1.54) is 0 Å². The van der Waals surface area contributed by atoms with E-state index in [-0.39, 0.29) is 12.6 Å². The molecule has 0 bridgehead atoms. The minimum Gasteiger partial charge on any atom is -0.329 e. The number of nitrogens with zero attached hydrogens (tertiary/aromatic N) is 1. The van der Waals surface area contributed by atoms with Crippen LogP contribution in [0.15, 0.2) is 0 Å². The normalized spacial score (nSPS) is 33.8. The summed E-state index contributed by atoms with van der Waals surface area (Å²) in [5.41, 5.74) is 5.31. The third kappa shape index (κ3) is 2.20. The van der Waals surface area contributed by atoms with Gasteiger partial charge in [0.1, 0.15) is 6.04 Å². The molecule has 2 rings (SSSR count). The number of hydrogen-bond acceptors (Lipinski definition) is 2. The van der Waals surface area contributed by atoms with Gasteiger partial charge in [0.15, 0.2) is 0 Å². The molecule has 1 saturated carbocycles. The summed E-state index contributed by atoms with van der Waals surface area (Å²) in [6.45, 7) is 0.245. The van der Waals surface area contributed by atoms with Crippen LogP contribution < -0.4 is 5.73 Å². The Labute approximate surface area is 94.0 Å². The number of fused-ring (bicyclic) bond motifs is 1. The highest BCUT2D eigenvalue weighted by Gasteiger charge is 2.48. The summed E-state index contributed by atoms with van der Waals surface area (Å²) in [7, 11) is 0. The Balaban J connectivity index is 2.11. The second-order valence-corrected chi connectivity index (χ2v) is 4.93. The van der Waals surface area contributed by atoms with Crippen molar-refractivity contribution < 1.29 is 13.2 Å². The van der Waals surface area contributed by atoms with Crippen molar-refractivity contribution in [3.05, 3.63) is 0 Å². The summed E-state index contributed by atoms with van der Waals surface area (Å²) in [6.07, 6.45) is 0.873. The third-order valence-corrected chi connectivity index (χ3v) is 4.04. The van der Waals surface area contributed by atoms with Crippen LogP contribution in [-0.4, -0.2) is 36.2 Å². The van der Waals surface area contributed by atoms with Crippen molar-refractivity contribution in [1.82, 2.24) is 4.90 Å². The van der Waals surface area contributed by atoms with E-state index in [9.17, 15) is 13.2 Å². The molecule has 16 heavy (non-hydrogen) atoms. The molecule has 0 spiro atoms. The minimum absolute atomic E-state index is 0.129. The summed E-state index contributed by atoms with van der Waals surface area (Å²) < 4.78 is 38.5. The molecule has 1 aliphatic heterocycles. The van der Waals surface area contributed by atoms with Crippen molar-refractivity contribution in [1.29, 1.82) is 0 Å². The number of hydrogen-bond donors (Lipinski definition) is 1. The summed E-state index contributed by atoms with van der Waals surface area (Å²) in [4.78, 5) is 1.63. The summed E-state index contributed by atoms with van der Waals surface area (Å²) in [5, 5.41) is 0. The molecule has 0 aromatic heterocycles. The van der Waals surface area contributed by atoms with Gasteiger partial charge in [-0.1, -0.05) is 6.42 Å². The van der Waals surface area contributed by atoms with E-state index in [4.69, 9.17) is 5.73 Å². The Morgan fingerprint density at radius 2 is 1.88 bits per heavy atom. The standard InChI is InChI=1S/C11H19F3N2/c12-11(13,14)10(7-15)16-6-2-4-8-3-1-5-9(8)16/h8-10H,1-7,15H2. The van der Waals surface area contributed by atoms with Crippen molar-refractivity contribution in [2.45, 2.75) is 50.4 Å². The van der Waals surface area contributed by atoms with Crippen LogP contribution in [0.5, 0.6) is 0 Å². The van der Waals surface area contributed by atoms with Crippen molar-refractivity contribution in [3.8, 4) is 0 Å². The van der Waals surface area contributed by atoms with Gasteiger partial charge < -0.3 is 5.73 Å². The summed E-state index contributed by atoms with van der Waals surface area (Å²) in [6, 6.07) is -1.30. The number of piperidine rings is 1. The van der Waals surface area contributed by atoms with Gasteiger partial charge in [-0.3, -0.25) is 4.90 Å². The number of halogens is 3. The van der Waals surface area contributed by atoms with E-state index >= 15 is 0 Å². The first-order valence-electron chi connectivity index (χ1n) is 6.06. The number of likely N-dealkylation sites (tertiary alicyclic amines) is 1. The monoisotopic (exact) mass is 236 g/mol. The van der Waals surface area contributed by atoms with Crippen molar-refractivity contribution in [3.63, 3.8) is 0 Å². The average Bonchev–Trinajstić information content (AvgIpc) is 2.65. The number of rotatable bonds is 2. The van der Waals surface area contributed by atoms with E-state index in [0.717, 1.165) is 32.1 Å². The average molecular weight is 236 g/mol. The van der Waals surface area contributed by atoms with Gasteiger partial charge >= 0.3 is 6.18 Å². The van der Waals surface area contributed by atoms with Gasteiger partial charge in [0.25, 0.3) is 0 Å². The van der Waals surface area contributed by atoms with Gasteiger partial charge in [-0.15, -0.1) is 0 Å². The Morgan fingerprint density at radius 1 is 1.19 bits per heavy atom. The highest BCUT2D eigenvalue weighted by Crippen LogP contribution is 2.40. The smallest absolute Gasteiger partial charge is 0.329 e. The highest BCUT2D eigenvalue weighted by atomic mass is 19.4. The summed E-state index contributed by atoms with van der Waals surface area (Å²) in [5.74, 6) is 0.477. The van der Waals surface area contributed by atoms with Crippen LogP contribution in [-0.2, 0) is 0 Å². The predicted octanol–water partition coefficient (Wildman–Crippen LogP) is 2.14. The zero-order valence-corrected chi connectivity index (χ0v) is 9.34. The Hall–Kier alpha value is -0.290. The lowest BCUT2D eigenvalue weighted by Gasteiger charge is -2.42. The molecule has 0 aromatic carbocycles. The number of alkyl halides is 3. The first kappa shape index (κ1) is 12.2. The maximum Gasteiger partial charge on any atom is 0.405 e. The molecule has 94 valence electrons. The lowest BCUT2D eigenvalue weighted by atomic mass is 9.90. The van der Waals surface area contributed by atoms with E-state index in [1.54, 1.807) is 4.90 Å². The minimum atomic E-state index is -4.18. The molecular formula is C11H19F3N2. The van der Waals surface area contributed by atoms with Gasteiger partial charge in [-0.2, -0.15) is 13.2 Å². The fraction of sp³-hybridized carbons (Fsp3) is 1.00. The first-order valence-corrected chi connectivity index (χ1v) is 6.06. The van der Waals surface area contributed by atoms with Crippen molar-refractivity contribution >= 4 is 0 Å². The second kappa shape index (κ2) is 4.53. The van der Waals surface area contributed by atoms with Crippen LogP contribution >= 0.6 is 0 Å². The molecule has 1 aliphatic carbocycles. The van der Waals surface area contributed by atoms with Crippen molar-refractivity contribution in [2.75, 3.05) is 13.1 Å². The highest BCUT2D eigenvalue weighted by molar-refractivity contribution is 4.94. The Bertz CT molecular complexity index is 242. The van der Waals surface area contributed by atoms with Gasteiger partial charge in [0.2, 0.25) is 0 Å². The lowest BCUT2D eigenvalue weighted by molar-refractivity contribution is -0.191. The van der Waals surface area contributed by atoms with Crippen LogP contribution in [0.25, 0.3) is 0 Å². The van der Waals surface area contributed by atoms with Crippen LogP contribution in [0.3, 0.4) is 0 Å². The molecule has 1 heterocycles. The van der Waals surface area contributed by atoms with Crippen LogP contribution in [0.4, 0.5) is 13.2 Å². The molecular weight excluding hydrogens is 217 g/mol. The largest absolute Gasteiger partial charge is 0.405 e. The van der Waals surface area contributed by atoms with Crippen LogP contribution in [0.1, 0.15) is 32.1 Å². The lowest BCUT2D eigenvalue weighted by Crippen LogP contribution is -2.57. The molecule has 2 aliphatic rings. The topological polar surface area (TPSA) is 29.3 Å². The first-order chi connectivity index (χ1) is 7.54. The maximum atomic E-state index is 12.8. The van der Waals surface area contributed by atoms with E-state index < -0.39 is 12.2 Å².